The molecule has 0 aliphatic carbocycles. The Morgan fingerprint density at radius 2 is 2.00 bits per heavy atom. The normalized spacial score (nSPS) is 10.9. The Morgan fingerprint density at radius 1 is 1.30 bits per heavy atom. The Labute approximate surface area is 132 Å². The first-order valence-corrected chi connectivity index (χ1v) is 7.06. The van der Waals surface area contributed by atoms with E-state index in [1.54, 1.807) is 23.9 Å². The molecule has 1 aromatic heterocycles. The molecule has 108 valence electrons. The second kappa shape index (κ2) is 6.22. The molecule has 0 aliphatic heterocycles. The highest BCUT2D eigenvalue weighted by Gasteiger charge is 2.15. The zero-order valence-corrected chi connectivity index (χ0v) is 13.4. The monoisotopic (exact) mass is 333 g/mol. The molecule has 7 heteroatoms. The number of aryl methyl sites for hydroxylation is 2. The van der Waals surface area contributed by atoms with Crippen molar-refractivity contribution in [2.24, 2.45) is 12.8 Å². The molecule has 0 aliphatic rings. The highest BCUT2D eigenvalue weighted by molar-refractivity contribution is 6.35. The van der Waals surface area contributed by atoms with E-state index in [1.165, 1.54) is 0 Å². The SMILES string of the molecule is Cc1nn(C)c(Cl)c1COc1c(Cl)cc(Cl)cc1CN. The molecule has 0 bridgehead atoms. The van der Waals surface area contributed by atoms with Crippen LogP contribution in [0.25, 0.3) is 0 Å². The number of halogens is 3. The molecule has 20 heavy (non-hydrogen) atoms. The number of aromatic nitrogens is 2. The largest absolute Gasteiger partial charge is 0.487 e. The van der Waals surface area contributed by atoms with Crippen LogP contribution in [0.3, 0.4) is 0 Å². The van der Waals surface area contributed by atoms with E-state index in [0.717, 1.165) is 16.8 Å². The van der Waals surface area contributed by atoms with Crippen molar-refractivity contribution >= 4 is 34.8 Å². The van der Waals surface area contributed by atoms with Gasteiger partial charge in [-0.1, -0.05) is 34.8 Å². The maximum Gasteiger partial charge on any atom is 0.142 e. The van der Waals surface area contributed by atoms with Gasteiger partial charge < -0.3 is 10.5 Å². The van der Waals surface area contributed by atoms with E-state index in [1.807, 2.05) is 6.92 Å². The number of hydrogen-bond donors (Lipinski definition) is 1. The summed E-state index contributed by atoms with van der Waals surface area (Å²) in [6.07, 6.45) is 0. The van der Waals surface area contributed by atoms with Crippen LogP contribution < -0.4 is 10.5 Å². The number of nitrogens with two attached hydrogens (primary N) is 1. The minimum atomic E-state index is 0.271. The maximum absolute atomic E-state index is 6.16. The third-order valence-electron chi connectivity index (χ3n) is 2.94. The van der Waals surface area contributed by atoms with Crippen molar-refractivity contribution in [3.05, 3.63) is 44.2 Å². The van der Waals surface area contributed by atoms with Crippen LogP contribution in [0.15, 0.2) is 12.1 Å². The van der Waals surface area contributed by atoms with E-state index >= 15 is 0 Å². The lowest BCUT2D eigenvalue weighted by molar-refractivity contribution is 0.302. The quantitative estimate of drug-likeness (QED) is 0.927. The highest BCUT2D eigenvalue weighted by atomic mass is 35.5. The molecular formula is C13H14Cl3N3O. The standard InChI is InChI=1S/C13H14Cl3N3O/c1-7-10(13(16)19(2)18-7)6-20-12-8(5-17)3-9(14)4-11(12)15/h3-4H,5-6,17H2,1-2H3. The Bertz CT molecular complexity index is 640. The van der Waals surface area contributed by atoms with Crippen molar-refractivity contribution in [1.29, 1.82) is 0 Å². The average molecular weight is 335 g/mol. The van der Waals surface area contributed by atoms with Crippen LogP contribution >= 0.6 is 34.8 Å². The van der Waals surface area contributed by atoms with Gasteiger partial charge in [0.25, 0.3) is 0 Å². The Kier molecular flexibility index (Phi) is 4.81. The van der Waals surface area contributed by atoms with Crippen LogP contribution in [0.5, 0.6) is 5.75 Å². The zero-order chi connectivity index (χ0) is 14.9. The summed E-state index contributed by atoms with van der Waals surface area (Å²) < 4.78 is 7.37. The molecule has 0 atom stereocenters. The summed E-state index contributed by atoms with van der Waals surface area (Å²) in [7, 11) is 1.78. The van der Waals surface area contributed by atoms with Crippen molar-refractivity contribution in [1.82, 2.24) is 9.78 Å². The van der Waals surface area contributed by atoms with Gasteiger partial charge in [0, 0.05) is 29.7 Å². The van der Waals surface area contributed by atoms with Crippen molar-refractivity contribution in [2.75, 3.05) is 0 Å². The zero-order valence-electron chi connectivity index (χ0n) is 11.1. The Morgan fingerprint density at radius 3 is 2.55 bits per heavy atom. The van der Waals surface area contributed by atoms with Gasteiger partial charge in [0.05, 0.1) is 10.7 Å². The van der Waals surface area contributed by atoms with Crippen molar-refractivity contribution in [3.63, 3.8) is 0 Å². The van der Waals surface area contributed by atoms with Gasteiger partial charge >= 0.3 is 0 Å². The molecule has 2 N–H and O–H groups in total. The van der Waals surface area contributed by atoms with E-state index < -0.39 is 0 Å². The molecule has 0 radical (unpaired) electrons. The molecule has 4 nitrogen and oxygen atoms in total. The second-order valence-corrected chi connectivity index (χ2v) is 5.55. The predicted molar refractivity (Wildman–Crippen MR) is 81.6 cm³/mol. The van der Waals surface area contributed by atoms with Crippen LogP contribution in [0.2, 0.25) is 15.2 Å². The lowest BCUT2D eigenvalue weighted by Gasteiger charge is -2.12. The number of benzene rings is 1. The van der Waals surface area contributed by atoms with Gasteiger partial charge in [0.2, 0.25) is 0 Å². The fraction of sp³-hybridized carbons (Fsp3) is 0.308. The molecule has 1 aromatic carbocycles. The number of rotatable bonds is 4. The van der Waals surface area contributed by atoms with Gasteiger partial charge in [0.1, 0.15) is 17.5 Å². The second-order valence-electron chi connectivity index (χ2n) is 4.35. The predicted octanol–water partition coefficient (Wildman–Crippen LogP) is 3.73. The van der Waals surface area contributed by atoms with Gasteiger partial charge in [-0.15, -0.1) is 0 Å². The first-order valence-electron chi connectivity index (χ1n) is 5.92. The van der Waals surface area contributed by atoms with Gasteiger partial charge in [-0.25, -0.2) is 0 Å². The number of nitrogens with zero attached hydrogens (tertiary/aromatic N) is 2. The smallest absolute Gasteiger partial charge is 0.142 e. The fourth-order valence-corrected chi connectivity index (χ4v) is 2.73. The van der Waals surface area contributed by atoms with E-state index in [4.69, 9.17) is 45.3 Å². The minimum Gasteiger partial charge on any atom is -0.487 e. The van der Waals surface area contributed by atoms with Crippen molar-refractivity contribution < 1.29 is 4.74 Å². The highest BCUT2D eigenvalue weighted by Crippen LogP contribution is 2.33. The molecule has 1 heterocycles. The number of ether oxygens (including phenoxy) is 1. The van der Waals surface area contributed by atoms with E-state index in [0.29, 0.717) is 20.9 Å². The summed E-state index contributed by atoms with van der Waals surface area (Å²) in [4.78, 5) is 0. The van der Waals surface area contributed by atoms with Crippen LogP contribution in [-0.2, 0) is 20.2 Å². The summed E-state index contributed by atoms with van der Waals surface area (Å²) in [6, 6.07) is 3.36. The van der Waals surface area contributed by atoms with Gasteiger partial charge in [-0.2, -0.15) is 5.10 Å². The third-order valence-corrected chi connectivity index (χ3v) is 3.91. The molecule has 0 saturated carbocycles. The minimum absolute atomic E-state index is 0.271. The third kappa shape index (κ3) is 3.04. The molecular weight excluding hydrogens is 321 g/mol. The molecule has 0 amide bonds. The van der Waals surface area contributed by atoms with E-state index in [9.17, 15) is 0 Å². The van der Waals surface area contributed by atoms with Crippen LogP contribution in [-0.4, -0.2) is 9.78 Å². The number of hydrogen-bond acceptors (Lipinski definition) is 3. The van der Waals surface area contributed by atoms with Crippen molar-refractivity contribution in [3.8, 4) is 5.75 Å². The molecule has 0 unspecified atom stereocenters. The van der Waals surface area contributed by atoms with E-state index in [-0.39, 0.29) is 13.2 Å². The molecule has 0 fully saturated rings. The first kappa shape index (κ1) is 15.4. The lowest BCUT2D eigenvalue weighted by Crippen LogP contribution is -2.04. The Hall–Kier alpha value is -0.940. The van der Waals surface area contributed by atoms with Crippen LogP contribution in [0.4, 0.5) is 0 Å². The molecule has 2 aromatic rings. The van der Waals surface area contributed by atoms with Crippen LogP contribution in [0, 0.1) is 6.92 Å². The fourth-order valence-electron chi connectivity index (χ4n) is 1.91. The maximum atomic E-state index is 6.16. The van der Waals surface area contributed by atoms with Gasteiger partial charge in [-0.05, 0) is 19.1 Å². The summed E-state index contributed by atoms with van der Waals surface area (Å²) in [5.41, 5.74) is 8.07. The average Bonchev–Trinajstić information content (AvgIpc) is 2.62. The topological polar surface area (TPSA) is 53.1 Å². The van der Waals surface area contributed by atoms with Crippen molar-refractivity contribution in [2.45, 2.75) is 20.1 Å². The summed E-state index contributed by atoms with van der Waals surface area (Å²) in [5.74, 6) is 0.526. The van der Waals surface area contributed by atoms with Crippen LogP contribution in [0.1, 0.15) is 16.8 Å². The Balaban J connectivity index is 2.27. The lowest BCUT2D eigenvalue weighted by atomic mass is 10.2. The molecule has 2 rings (SSSR count). The van der Waals surface area contributed by atoms with Gasteiger partial charge in [-0.3, -0.25) is 4.68 Å². The summed E-state index contributed by atoms with van der Waals surface area (Å²) in [6.45, 7) is 2.43. The van der Waals surface area contributed by atoms with Gasteiger partial charge in [0.15, 0.2) is 0 Å². The summed E-state index contributed by atoms with van der Waals surface area (Å²) >= 11 is 18.2. The molecule has 0 spiro atoms. The molecule has 0 saturated heterocycles. The first-order chi connectivity index (χ1) is 9.43. The van der Waals surface area contributed by atoms with E-state index in [2.05, 4.69) is 5.10 Å². The summed E-state index contributed by atoms with van der Waals surface area (Å²) in [5, 5.41) is 5.72.